The van der Waals surface area contributed by atoms with Gasteiger partial charge in [0, 0.05) is 22.9 Å². The minimum Gasteiger partial charge on any atom is -0.494 e. The Morgan fingerprint density at radius 2 is 2.21 bits per heavy atom. The molecule has 0 amide bonds. The minimum atomic E-state index is 0.811. The molecule has 19 heavy (non-hydrogen) atoms. The third-order valence-electron chi connectivity index (χ3n) is 3.09. The predicted octanol–water partition coefficient (Wildman–Crippen LogP) is 4.63. The lowest BCUT2D eigenvalue weighted by Crippen LogP contribution is -1.92. The molecule has 0 aliphatic carbocycles. The van der Waals surface area contributed by atoms with Crippen LogP contribution in [0.1, 0.15) is 25.8 Å². The molecular weight excluding hydrogens is 256 g/mol. The van der Waals surface area contributed by atoms with Crippen molar-refractivity contribution in [3.05, 3.63) is 29.3 Å². The van der Waals surface area contributed by atoms with Gasteiger partial charge in [-0.1, -0.05) is 6.92 Å². The smallest absolute Gasteiger partial charge is 0.144 e. The molecule has 1 heterocycles. The first kappa shape index (κ1) is 13.7. The summed E-state index contributed by atoms with van der Waals surface area (Å²) in [4.78, 5) is 9.06. The van der Waals surface area contributed by atoms with E-state index < -0.39 is 0 Å². The molecule has 3 nitrogen and oxygen atoms in total. The van der Waals surface area contributed by atoms with E-state index in [0.717, 1.165) is 39.7 Å². The van der Waals surface area contributed by atoms with Gasteiger partial charge in [0.1, 0.15) is 16.4 Å². The van der Waals surface area contributed by atoms with Crippen molar-refractivity contribution in [3.63, 3.8) is 0 Å². The van der Waals surface area contributed by atoms with E-state index in [1.165, 1.54) is 0 Å². The van der Waals surface area contributed by atoms with E-state index in [0.29, 0.717) is 0 Å². The van der Waals surface area contributed by atoms with Crippen molar-refractivity contribution >= 4 is 22.7 Å². The molecule has 0 N–H and O–H groups in total. The van der Waals surface area contributed by atoms with E-state index in [2.05, 4.69) is 23.8 Å². The van der Waals surface area contributed by atoms with Crippen LogP contribution in [0.5, 0.6) is 5.75 Å². The fraction of sp³-hybridized carbons (Fsp3) is 0.333. The van der Waals surface area contributed by atoms with E-state index in [-0.39, 0.29) is 0 Å². The van der Waals surface area contributed by atoms with Crippen molar-refractivity contribution in [2.75, 3.05) is 7.11 Å². The van der Waals surface area contributed by atoms with Gasteiger partial charge in [0.25, 0.3) is 0 Å². The highest BCUT2D eigenvalue weighted by atomic mass is 32.1. The number of nitrogens with zero attached hydrogens (tertiary/aromatic N) is 2. The van der Waals surface area contributed by atoms with Crippen LogP contribution < -0.4 is 4.74 Å². The number of aromatic nitrogens is 1. The summed E-state index contributed by atoms with van der Waals surface area (Å²) in [5.41, 5.74) is 4.24. The number of ether oxygens (including phenoxy) is 1. The number of methoxy groups -OCH3 is 1. The van der Waals surface area contributed by atoms with Crippen LogP contribution in [0.15, 0.2) is 28.7 Å². The van der Waals surface area contributed by atoms with Gasteiger partial charge >= 0.3 is 0 Å². The standard InChI is InChI=1S/C15H18N2OS/c1-5-10(2)17-14-11(3)12(6-7-13(14)18-4)15-16-8-9-19-15/h6-9H,5H2,1-4H3/b17-10-. The number of thiazole rings is 1. The molecule has 100 valence electrons. The summed E-state index contributed by atoms with van der Waals surface area (Å²) in [6, 6.07) is 4.01. The second kappa shape index (κ2) is 5.97. The summed E-state index contributed by atoms with van der Waals surface area (Å²) < 4.78 is 5.42. The largest absolute Gasteiger partial charge is 0.494 e. The lowest BCUT2D eigenvalue weighted by atomic mass is 10.1. The molecular formula is C15H18N2OS. The second-order valence-corrected chi connectivity index (χ2v) is 5.22. The minimum absolute atomic E-state index is 0.811. The Bertz CT molecular complexity index is 588. The summed E-state index contributed by atoms with van der Waals surface area (Å²) in [5.74, 6) is 0.811. The molecule has 0 saturated heterocycles. The highest BCUT2D eigenvalue weighted by Crippen LogP contribution is 2.38. The molecule has 0 bridgehead atoms. The van der Waals surface area contributed by atoms with Crippen LogP contribution in [0, 0.1) is 6.92 Å². The molecule has 0 atom stereocenters. The number of benzene rings is 1. The van der Waals surface area contributed by atoms with Gasteiger partial charge in [-0.2, -0.15) is 0 Å². The van der Waals surface area contributed by atoms with Crippen molar-refractivity contribution in [1.29, 1.82) is 0 Å². The van der Waals surface area contributed by atoms with Crippen LogP contribution in [0.3, 0.4) is 0 Å². The van der Waals surface area contributed by atoms with E-state index in [4.69, 9.17) is 4.74 Å². The van der Waals surface area contributed by atoms with Crippen molar-refractivity contribution in [3.8, 4) is 16.3 Å². The Morgan fingerprint density at radius 1 is 1.42 bits per heavy atom. The van der Waals surface area contributed by atoms with Gasteiger partial charge in [0.05, 0.1) is 7.11 Å². The maximum atomic E-state index is 5.42. The van der Waals surface area contributed by atoms with Gasteiger partial charge in [-0.25, -0.2) is 4.98 Å². The topological polar surface area (TPSA) is 34.5 Å². The Morgan fingerprint density at radius 3 is 2.79 bits per heavy atom. The SMILES string of the molecule is CC/C(C)=N\c1c(OC)ccc(-c2nccs2)c1C. The molecule has 0 fully saturated rings. The van der Waals surface area contributed by atoms with E-state index in [9.17, 15) is 0 Å². The highest BCUT2D eigenvalue weighted by Gasteiger charge is 2.13. The van der Waals surface area contributed by atoms with Gasteiger partial charge in [0.2, 0.25) is 0 Å². The van der Waals surface area contributed by atoms with Gasteiger partial charge in [-0.05, 0) is 38.0 Å². The zero-order valence-electron chi connectivity index (χ0n) is 11.7. The van der Waals surface area contributed by atoms with Crippen LogP contribution in [0.25, 0.3) is 10.6 Å². The van der Waals surface area contributed by atoms with Crippen molar-refractivity contribution < 1.29 is 4.74 Å². The summed E-state index contributed by atoms with van der Waals surface area (Å²) in [6.07, 6.45) is 2.76. The van der Waals surface area contributed by atoms with E-state index >= 15 is 0 Å². The molecule has 0 aliphatic heterocycles. The Kier molecular flexibility index (Phi) is 4.32. The van der Waals surface area contributed by atoms with E-state index in [1.807, 2.05) is 30.6 Å². The maximum Gasteiger partial charge on any atom is 0.144 e. The van der Waals surface area contributed by atoms with Gasteiger partial charge < -0.3 is 4.74 Å². The average Bonchev–Trinajstić information content (AvgIpc) is 2.94. The molecule has 1 aromatic heterocycles. The summed E-state index contributed by atoms with van der Waals surface area (Å²) >= 11 is 1.64. The highest BCUT2D eigenvalue weighted by molar-refractivity contribution is 7.13. The molecule has 0 aliphatic rings. The Labute approximate surface area is 118 Å². The summed E-state index contributed by atoms with van der Waals surface area (Å²) in [6.45, 7) is 6.21. The van der Waals surface area contributed by atoms with Gasteiger partial charge in [-0.3, -0.25) is 4.99 Å². The number of aliphatic imine (C=N–C) groups is 1. The fourth-order valence-electron chi connectivity index (χ4n) is 1.84. The maximum absolute atomic E-state index is 5.42. The first-order valence-electron chi connectivity index (χ1n) is 6.29. The molecule has 0 spiro atoms. The first-order chi connectivity index (χ1) is 9.17. The zero-order chi connectivity index (χ0) is 13.8. The summed E-state index contributed by atoms with van der Waals surface area (Å²) in [7, 11) is 1.68. The zero-order valence-corrected chi connectivity index (χ0v) is 12.5. The molecule has 2 aromatic rings. The fourth-order valence-corrected chi connectivity index (χ4v) is 2.56. The lowest BCUT2D eigenvalue weighted by molar-refractivity contribution is 0.416. The molecule has 0 radical (unpaired) electrons. The number of rotatable bonds is 4. The Hall–Kier alpha value is -1.68. The molecule has 0 unspecified atom stereocenters. The molecule has 4 heteroatoms. The third-order valence-corrected chi connectivity index (χ3v) is 3.90. The van der Waals surface area contributed by atoms with Crippen molar-refractivity contribution in [2.24, 2.45) is 4.99 Å². The summed E-state index contributed by atoms with van der Waals surface area (Å²) in [5, 5.41) is 3.00. The van der Waals surface area contributed by atoms with Crippen LogP contribution in [0.4, 0.5) is 5.69 Å². The van der Waals surface area contributed by atoms with Gasteiger partial charge in [0.15, 0.2) is 0 Å². The Balaban J connectivity index is 2.59. The second-order valence-electron chi connectivity index (χ2n) is 4.33. The lowest BCUT2D eigenvalue weighted by Gasteiger charge is -2.11. The normalized spacial score (nSPS) is 11.7. The average molecular weight is 274 g/mol. The van der Waals surface area contributed by atoms with Gasteiger partial charge in [-0.15, -0.1) is 11.3 Å². The van der Waals surface area contributed by atoms with Crippen LogP contribution in [-0.4, -0.2) is 17.8 Å². The molecule has 1 aromatic carbocycles. The van der Waals surface area contributed by atoms with E-state index in [1.54, 1.807) is 18.4 Å². The molecule has 0 saturated carbocycles. The number of hydrogen-bond acceptors (Lipinski definition) is 4. The van der Waals surface area contributed by atoms with Crippen LogP contribution in [0.2, 0.25) is 0 Å². The van der Waals surface area contributed by atoms with Crippen molar-refractivity contribution in [2.45, 2.75) is 27.2 Å². The first-order valence-corrected chi connectivity index (χ1v) is 7.17. The van der Waals surface area contributed by atoms with Crippen LogP contribution >= 0.6 is 11.3 Å². The van der Waals surface area contributed by atoms with Crippen LogP contribution in [-0.2, 0) is 0 Å². The monoisotopic (exact) mass is 274 g/mol. The third kappa shape index (κ3) is 2.84. The number of hydrogen-bond donors (Lipinski definition) is 0. The molecule has 2 rings (SSSR count). The van der Waals surface area contributed by atoms with Crippen molar-refractivity contribution in [1.82, 2.24) is 4.98 Å². The predicted molar refractivity (Wildman–Crippen MR) is 81.9 cm³/mol. The quantitative estimate of drug-likeness (QED) is 0.762.